The van der Waals surface area contributed by atoms with Crippen molar-refractivity contribution in [3.05, 3.63) is 154 Å². The van der Waals surface area contributed by atoms with Gasteiger partial charge in [-0.05, 0) is 94.0 Å². The summed E-state index contributed by atoms with van der Waals surface area (Å²) in [5, 5.41) is 23.3. The number of nitriles is 1. The lowest BCUT2D eigenvalue weighted by Crippen LogP contribution is -2.04. The van der Waals surface area contributed by atoms with Gasteiger partial charge in [0.1, 0.15) is 17.4 Å². The van der Waals surface area contributed by atoms with Crippen LogP contribution in [0.15, 0.2) is 121 Å². The van der Waals surface area contributed by atoms with Crippen molar-refractivity contribution in [2.45, 2.75) is 0 Å². The van der Waals surface area contributed by atoms with Crippen LogP contribution < -0.4 is 4.74 Å². The second kappa shape index (κ2) is 12.6. The summed E-state index contributed by atoms with van der Waals surface area (Å²) in [6, 6.07) is 34.0. The molecule has 0 unspecified atom stereocenters. The highest BCUT2D eigenvalue weighted by atomic mass is 35.5. The standard InChI is InChI=1S/C38H23ClF2N2O3/c1-46-32-19-13-25(14-20-32)33-34(24-7-5-23(22-42)6-8-24)36(26-9-15-29(39)16-10-26)38(43(44)45)37(27-11-17-30(40)18-12-27)35(33)28-3-2-4-31(41)21-28/h2-21H,1H3. The smallest absolute Gasteiger partial charge is 0.286 e. The molecule has 0 aliphatic rings. The highest BCUT2D eigenvalue weighted by Gasteiger charge is 2.34. The number of ether oxygens (including phenoxy) is 1. The van der Waals surface area contributed by atoms with Crippen molar-refractivity contribution in [3.63, 3.8) is 0 Å². The minimum Gasteiger partial charge on any atom is -0.497 e. The van der Waals surface area contributed by atoms with Gasteiger partial charge in [0.15, 0.2) is 0 Å². The van der Waals surface area contributed by atoms with Crippen LogP contribution in [0.25, 0.3) is 55.6 Å². The fourth-order valence-electron chi connectivity index (χ4n) is 5.69. The van der Waals surface area contributed by atoms with Crippen LogP contribution in [-0.4, -0.2) is 12.0 Å². The van der Waals surface area contributed by atoms with E-state index < -0.39 is 16.6 Å². The summed E-state index contributed by atoms with van der Waals surface area (Å²) in [7, 11) is 1.55. The Hall–Kier alpha value is -5.84. The lowest BCUT2D eigenvalue weighted by atomic mass is 9.77. The zero-order valence-electron chi connectivity index (χ0n) is 24.3. The summed E-state index contributed by atoms with van der Waals surface area (Å²) in [5.41, 5.74) is 4.51. The zero-order chi connectivity index (χ0) is 32.4. The number of hydrogen-bond acceptors (Lipinski definition) is 4. The van der Waals surface area contributed by atoms with Gasteiger partial charge in [0.05, 0.1) is 34.8 Å². The van der Waals surface area contributed by atoms with Gasteiger partial charge in [-0.3, -0.25) is 10.1 Å². The molecular formula is C38H23ClF2N2O3. The number of hydrogen-bond donors (Lipinski definition) is 0. The molecule has 0 N–H and O–H groups in total. The predicted molar refractivity (Wildman–Crippen MR) is 176 cm³/mol. The fraction of sp³-hybridized carbons (Fsp3) is 0.0263. The van der Waals surface area contributed by atoms with Crippen LogP contribution in [0.2, 0.25) is 5.02 Å². The molecule has 6 aromatic rings. The Labute approximate surface area is 268 Å². The summed E-state index contributed by atoms with van der Waals surface area (Å²) in [4.78, 5) is 12.9. The van der Waals surface area contributed by atoms with Crippen LogP contribution in [0.4, 0.5) is 14.5 Å². The van der Waals surface area contributed by atoms with Gasteiger partial charge in [-0.2, -0.15) is 5.26 Å². The Morgan fingerprint density at radius 2 is 1.13 bits per heavy atom. The fourth-order valence-corrected chi connectivity index (χ4v) is 5.82. The van der Waals surface area contributed by atoms with E-state index in [1.54, 1.807) is 73.8 Å². The summed E-state index contributed by atoms with van der Waals surface area (Å²) >= 11 is 6.26. The van der Waals surface area contributed by atoms with Crippen molar-refractivity contribution in [1.82, 2.24) is 0 Å². The van der Waals surface area contributed by atoms with E-state index >= 15 is 0 Å². The number of nitrogens with zero attached hydrogens (tertiary/aromatic N) is 2. The van der Waals surface area contributed by atoms with Gasteiger partial charge in [0.2, 0.25) is 0 Å². The van der Waals surface area contributed by atoms with E-state index in [1.165, 1.54) is 42.5 Å². The molecular weight excluding hydrogens is 606 g/mol. The second-order valence-corrected chi connectivity index (χ2v) is 10.9. The molecule has 6 aromatic carbocycles. The molecule has 0 radical (unpaired) electrons. The maximum Gasteiger partial charge on any atom is 0.286 e. The lowest BCUT2D eigenvalue weighted by Gasteiger charge is -2.25. The quantitative estimate of drug-likeness (QED) is 0.130. The Bertz CT molecular complexity index is 2120. The average Bonchev–Trinajstić information content (AvgIpc) is 3.08. The Morgan fingerprint density at radius 3 is 1.65 bits per heavy atom. The predicted octanol–water partition coefficient (Wildman–Crippen LogP) is 10.7. The monoisotopic (exact) mass is 628 g/mol. The van der Waals surface area contributed by atoms with E-state index in [9.17, 15) is 24.2 Å². The van der Waals surface area contributed by atoms with Crippen molar-refractivity contribution >= 4 is 17.3 Å². The van der Waals surface area contributed by atoms with E-state index in [4.69, 9.17) is 16.3 Å². The summed E-state index contributed by atoms with van der Waals surface area (Å²) < 4.78 is 34.6. The number of benzene rings is 6. The molecule has 0 spiro atoms. The molecule has 0 aliphatic heterocycles. The Kier molecular flexibility index (Phi) is 8.30. The zero-order valence-corrected chi connectivity index (χ0v) is 25.1. The molecule has 0 amide bonds. The van der Waals surface area contributed by atoms with Crippen LogP contribution >= 0.6 is 11.6 Å². The van der Waals surface area contributed by atoms with Gasteiger partial charge in [-0.15, -0.1) is 0 Å². The van der Waals surface area contributed by atoms with Crippen LogP contribution in [0.1, 0.15) is 5.56 Å². The van der Waals surface area contributed by atoms with Crippen molar-refractivity contribution in [3.8, 4) is 67.5 Å². The number of halogens is 3. The van der Waals surface area contributed by atoms with Crippen molar-refractivity contribution in [2.75, 3.05) is 7.11 Å². The molecule has 46 heavy (non-hydrogen) atoms. The van der Waals surface area contributed by atoms with E-state index in [0.717, 1.165) is 0 Å². The molecule has 0 atom stereocenters. The number of methoxy groups -OCH3 is 1. The van der Waals surface area contributed by atoms with Crippen molar-refractivity contribution in [2.24, 2.45) is 0 Å². The van der Waals surface area contributed by atoms with E-state index in [0.29, 0.717) is 60.8 Å². The minimum absolute atomic E-state index is 0.184. The number of nitro benzene ring substituents is 1. The van der Waals surface area contributed by atoms with Gasteiger partial charge < -0.3 is 4.74 Å². The second-order valence-electron chi connectivity index (χ2n) is 10.4. The Balaban J connectivity index is 1.93. The van der Waals surface area contributed by atoms with Gasteiger partial charge in [0, 0.05) is 16.1 Å². The molecule has 0 fully saturated rings. The van der Waals surface area contributed by atoms with Gasteiger partial charge >= 0.3 is 0 Å². The first-order valence-corrected chi connectivity index (χ1v) is 14.5. The van der Waals surface area contributed by atoms with Crippen LogP contribution in [-0.2, 0) is 0 Å². The lowest BCUT2D eigenvalue weighted by molar-refractivity contribution is -0.383. The molecule has 0 bridgehead atoms. The van der Waals surface area contributed by atoms with Crippen LogP contribution in [0.5, 0.6) is 5.75 Å². The highest BCUT2D eigenvalue weighted by molar-refractivity contribution is 6.30. The SMILES string of the molecule is COc1ccc(-c2c(-c3ccc(C#N)cc3)c(-c3ccc(Cl)cc3)c([N+](=O)[O-])c(-c3ccc(F)cc3)c2-c2cccc(F)c2)cc1. The average molecular weight is 629 g/mol. The molecule has 0 saturated carbocycles. The van der Waals surface area contributed by atoms with Crippen LogP contribution in [0.3, 0.4) is 0 Å². The largest absolute Gasteiger partial charge is 0.497 e. The molecule has 5 nitrogen and oxygen atoms in total. The Morgan fingerprint density at radius 1 is 0.652 bits per heavy atom. The molecule has 0 aliphatic carbocycles. The first-order valence-electron chi connectivity index (χ1n) is 14.1. The normalized spacial score (nSPS) is 10.8. The third-order valence-corrected chi connectivity index (χ3v) is 7.97. The molecule has 224 valence electrons. The molecule has 8 heteroatoms. The number of rotatable bonds is 7. The maximum absolute atomic E-state index is 15.0. The third-order valence-electron chi connectivity index (χ3n) is 7.72. The summed E-state index contributed by atoms with van der Waals surface area (Å²) in [6.07, 6.45) is 0. The highest BCUT2D eigenvalue weighted by Crippen LogP contribution is 2.56. The minimum atomic E-state index is -0.535. The van der Waals surface area contributed by atoms with Gasteiger partial charge in [0.25, 0.3) is 5.69 Å². The van der Waals surface area contributed by atoms with E-state index in [2.05, 4.69) is 6.07 Å². The van der Waals surface area contributed by atoms with E-state index in [-0.39, 0.29) is 16.8 Å². The number of nitro groups is 1. The van der Waals surface area contributed by atoms with Gasteiger partial charge in [-0.25, -0.2) is 8.78 Å². The summed E-state index contributed by atoms with van der Waals surface area (Å²) in [5.74, 6) is -0.455. The van der Waals surface area contributed by atoms with Crippen molar-refractivity contribution in [1.29, 1.82) is 5.26 Å². The topological polar surface area (TPSA) is 76.2 Å². The molecule has 0 aromatic heterocycles. The third kappa shape index (κ3) is 5.70. The molecule has 6 rings (SSSR count). The van der Waals surface area contributed by atoms with Gasteiger partial charge in [-0.1, -0.05) is 72.3 Å². The maximum atomic E-state index is 15.0. The van der Waals surface area contributed by atoms with E-state index in [1.807, 2.05) is 12.1 Å². The molecule has 0 heterocycles. The van der Waals surface area contributed by atoms with Crippen LogP contribution in [0, 0.1) is 33.1 Å². The molecule has 0 saturated heterocycles. The first-order chi connectivity index (χ1) is 22.3. The van der Waals surface area contributed by atoms with Crippen molar-refractivity contribution < 1.29 is 18.4 Å². The summed E-state index contributed by atoms with van der Waals surface area (Å²) in [6.45, 7) is 0. The first kappa shape index (κ1) is 30.2.